The monoisotopic (exact) mass is 473 g/mol. The predicted molar refractivity (Wildman–Crippen MR) is 117 cm³/mol. The summed E-state index contributed by atoms with van der Waals surface area (Å²) in [6.07, 6.45) is 0. The second-order valence-electron chi connectivity index (χ2n) is 6.50. The number of sulfonamides is 2. The molecule has 0 aromatic heterocycles. The molecule has 0 atom stereocenters. The lowest BCUT2D eigenvalue weighted by molar-refractivity contribution is 0.102. The van der Waals surface area contributed by atoms with E-state index in [0.29, 0.717) is 18.8 Å². The quantitative estimate of drug-likeness (QED) is 0.634. The summed E-state index contributed by atoms with van der Waals surface area (Å²) in [5, 5.41) is 2.70. The number of anilines is 1. The zero-order valence-corrected chi connectivity index (χ0v) is 19.5. The molecule has 0 unspecified atom stereocenters. The summed E-state index contributed by atoms with van der Waals surface area (Å²) >= 11 is 6.12. The second-order valence-corrected chi connectivity index (χ2v) is 11.0. The van der Waals surface area contributed by atoms with Crippen LogP contribution < -0.4 is 5.32 Å². The highest BCUT2D eigenvalue weighted by atomic mass is 35.5. The van der Waals surface area contributed by atoms with Crippen molar-refractivity contribution in [3.8, 4) is 0 Å². The first-order valence-electron chi connectivity index (χ1n) is 9.08. The van der Waals surface area contributed by atoms with E-state index >= 15 is 0 Å². The van der Waals surface area contributed by atoms with Gasteiger partial charge in [0.15, 0.2) is 0 Å². The Morgan fingerprint density at radius 2 is 1.43 bits per heavy atom. The minimum atomic E-state index is -3.75. The first-order valence-corrected chi connectivity index (χ1v) is 12.3. The van der Waals surface area contributed by atoms with Gasteiger partial charge in [-0.25, -0.2) is 21.1 Å². The summed E-state index contributed by atoms with van der Waals surface area (Å²) in [6.45, 7) is 4.05. The molecule has 2 rings (SSSR count). The van der Waals surface area contributed by atoms with Crippen molar-refractivity contribution in [2.24, 2.45) is 0 Å². The average Bonchev–Trinajstić information content (AvgIpc) is 2.69. The Hall–Kier alpha value is -1.98. The number of carbonyl (C=O) groups is 1. The summed E-state index contributed by atoms with van der Waals surface area (Å²) in [7, 11) is -4.50. The van der Waals surface area contributed by atoms with Gasteiger partial charge in [0.05, 0.1) is 20.4 Å². The lowest BCUT2D eigenvalue weighted by Crippen LogP contribution is -2.30. The Labute approximate surface area is 182 Å². The minimum Gasteiger partial charge on any atom is -0.322 e. The maximum Gasteiger partial charge on any atom is 0.257 e. The zero-order chi connectivity index (χ0) is 22.7. The molecule has 0 aliphatic carbocycles. The molecular formula is C19H24ClN3O5S2. The molecular weight excluding hydrogens is 450 g/mol. The minimum absolute atomic E-state index is 0.00473. The number of nitrogens with zero attached hydrogens (tertiary/aromatic N) is 2. The van der Waals surface area contributed by atoms with E-state index in [-0.39, 0.29) is 20.4 Å². The van der Waals surface area contributed by atoms with Gasteiger partial charge in [0.1, 0.15) is 0 Å². The van der Waals surface area contributed by atoms with Gasteiger partial charge in [-0.2, -0.15) is 4.31 Å². The molecule has 0 heterocycles. The van der Waals surface area contributed by atoms with Crippen LogP contribution in [0.15, 0.2) is 52.3 Å². The number of hydrogen-bond acceptors (Lipinski definition) is 5. The highest BCUT2D eigenvalue weighted by molar-refractivity contribution is 7.89. The van der Waals surface area contributed by atoms with Gasteiger partial charge in [-0.3, -0.25) is 4.79 Å². The van der Waals surface area contributed by atoms with Gasteiger partial charge in [-0.15, -0.1) is 0 Å². The normalized spacial score (nSPS) is 12.4. The Morgan fingerprint density at radius 1 is 0.900 bits per heavy atom. The Bertz CT molecular complexity index is 1130. The van der Waals surface area contributed by atoms with E-state index in [1.807, 2.05) is 0 Å². The van der Waals surface area contributed by atoms with Gasteiger partial charge in [-0.1, -0.05) is 25.4 Å². The number of rotatable bonds is 8. The molecule has 0 radical (unpaired) electrons. The number of carbonyl (C=O) groups excluding carboxylic acids is 1. The molecule has 0 spiro atoms. The van der Waals surface area contributed by atoms with Gasteiger partial charge in [-0.05, 0) is 42.5 Å². The van der Waals surface area contributed by atoms with Crippen molar-refractivity contribution in [3.63, 3.8) is 0 Å². The lowest BCUT2D eigenvalue weighted by Gasteiger charge is -2.19. The smallest absolute Gasteiger partial charge is 0.257 e. The number of nitrogens with one attached hydrogen (secondary N) is 1. The van der Waals surface area contributed by atoms with Gasteiger partial charge >= 0.3 is 0 Å². The third-order valence-electron chi connectivity index (χ3n) is 4.42. The Balaban J connectivity index is 2.32. The molecule has 0 bridgehead atoms. The fourth-order valence-corrected chi connectivity index (χ4v) is 5.26. The summed E-state index contributed by atoms with van der Waals surface area (Å²) in [4.78, 5) is 12.7. The molecule has 2 aromatic rings. The highest BCUT2D eigenvalue weighted by Crippen LogP contribution is 2.24. The third-order valence-corrected chi connectivity index (χ3v) is 8.62. The van der Waals surface area contributed by atoms with Crippen LogP contribution in [0.2, 0.25) is 5.02 Å². The molecule has 8 nitrogen and oxygen atoms in total. The van der Waals surface area contributed by atoms with Crippen molar-refractivity contribution in [2.75, 3.05) is 32.5 Å². The molecule has 164 valence electrons. The molecule has 1 amide bonds. The predicted octanol–water partition coefficient (Wildman–Crippen LogP) is 2.87. The molecule has 30 heavy (non-hydrogen) atoms. The maximum absolute atomic E-state index is 12.7. The number of amides is 1. The number of benzene rings is 2. The summed E-state index contributed by atoms with van der Waals surface area (Å²) in [5.74, 6) is -0.611. The zero-order valence-electron chi connectivity index (χ0n) is 17.1. The molecule has 1 N–H and O–H groups in total. The van der Waals surface area contributed by atoms with Gasteiger partial charge in [0.25, 0.3) is 5.91 Å². The Kier molecular flexibility index (Phi) is 7.64. The van der Waals surface area contributed by atoms with Crippen molar-refractivity contribution >= 4 is 43.2 Å². The van der Waals surface area contributed by atoms with E-state index in [1.165, 1.54) is 60.9 Å². The number of hydrogen-bond donors (Lipinski definition) is 1. The van der Waals surface area contributed by atoms with E-state index in [1.54, 1.807) is 13.8 Å². The third kappa shape index (κ3) is 5.01. The molecule has 11 heteroatoms. The lowest BCUT2D eigenvalue weighted by atomic mass is 10.2. The fraction of sp³-hybridized carbons (Fsp3) is 0.316. The average molecular weight is 474 g/mol. The molecule has 0 fully saturated rings. The van der Waals surface area contributed by atoms with E-state index in [2.05, 4.69) is 5.32 Å². The highest BCUT2D eigenvalue weighted by Gasteiger charge is 2.24. The van der Waals surface area contributed by atoms with Crippen molar-refractivity contribution in [1.29, 1.82) is 0 Å². The van der Waals surface area contributed by atoms with Crippen LogP contribution in [-0.2, 0) is 20.0 Å². The van der Waals surface area contributed by atoms with Gasteiger partial charge in [0.2, 0.25) is 20.0 Å². The largest absolute Gasteiger partial charge is 0.322 e. The van der Waals surface area contributed by atoms with Crippen LogP contribution in [-0.4, -0.2) is 58.5 Å². The SMILES string of the molecule is CCN(CC)S(=O)(=O)c1ccc(Cl)c(C(=O)Nc2ccc(S(=O)(=O)N(C)C)cc2)c1. The number of halogens is 1. The summed E-state index contributed by atoms with van der Waals surface area (Å²) < 4.78 is 52.1. The van der Waals surface area contributed by atoms with Crippen LogP contribution in [0.1, 0.15) is 24.2 Å². The van der Waals surface area contributed by atoms with E-state index in [4.69, 9.17) is 11.6 Å². The van der Waals surface area contributed by atoms with Gasteiger partial charge < -0.3 is 5.32 Å². The summed E-state index contributed by atoms with van der Waals surface area (Å²) in [6, 6.07) is 9.57. The molecule has 2 aromatic carbocycles. The van der Waals surface area contributed by atoms with Gasteiger partial charge in [0, 0.05) is 32.9 Å². The van der Waals surface area contributed by atoms with E-state index in [9.17, 15) is 21.6 Å². The van der Waals surface area contributed by atoms with E-state index < -0.39 is 26.0 Å². The van der Waals surface area contributed by atoms with Crippen molar-refractivity contribution in [1.82, 2.24) is 8.61 Å². The fourth-order valence-electron chi connectivity index (χ4n) is 2.67. The topological polar surface area (TPSA) is 104 Å². The first-order chi connectivity index (χ1) is 13.9. The van der Waals surface area contributed by atoms with Crippen LogP contribution in [0.25, 0.3) is 0 Å². The van der Waals surface area contributed by atoms with Crippen LogP contribution >= 0.6 is 11.6 Å². The second kappa shape index (κ2) is 9.44. The molecule has 0 aliphatic heterocycles. The maximum atomic E-state index is 12.7. The molecule has 0 saturated heterocycles. The standard InChI is InChI=1S/C19H24ClN3O5S2/c1-5-23(6-2)30(27,28)16-11-12-18(20)17(13-16)19(24)21-14-7-9-15(10-8-14)29(25,26)22(3)4/h7-13H,5-6H2,1-4H3,(H,21,24). The first kappa shape index (κ1) is 24.3. The van der Waals surface area contributed by atoms with Crippen LogP contribution in [0.4, 0.5) is 5.69 Å². The van der Waals surface area contributed by atoms with E-state index in [0.717, 1.165) is 4.31 Å². The summed E-state index contributed by atoms with van der Waals surface area (Å²) in [5.41, 5.74) is 0.334. The van der Waals surface area contributed by atoms with Crippen molar-refractivity contribution in [3.05, 3.63) is 53.1 Å². The van der Waals surface area contributed by atoms with Crippen molar-refractivity contribution in [2.45, 2.75) is 23.6 Å². The molecule has 0 aliphatic rings. The van der Waals surface area contributed by atoms with Crippen LogP contribution in [0, 0.1) is 0 Å². The van der Waals surface area contributed by atoms with Crippen LogP contribution in [0.3, 0.4) is 0 Å². The molecule has 0 saturated carbocycles. The van der Waals surface area contributed by atoms with Crippen LogP contribution in [0.5, 0.6) is 0 Å². The Morgan fingerprint density at radius 3 is 1.93 bits per heavy atom. The van der Waals surface area contributed by atoms with Crippen molar-refractivity contribution < 1.29 is 21.6 Å².